The van der Waals surface area contributed by atoms with E-state index in [-0.39, 0.29) is 23.1 Å². The molecule has 1 aromatic carbocycles. The minimum absolute atomic E-state index is 0.0626. The molecule has 1 saturated heterocycles. The summed E-state index contributed by atoms with van der Waals surface area (Å²) in [6.45, 7) is 0. The fraction of sp³-hybridized carbons (Fsp3) is 0.235. The van der Waals surface area contributed by atoms with Gasteiger partial charge in [0.05, 0.1) is 11.5 Å². The molecule has 7 nitrogen and oxygen atoms in total. The van der Waals surface area contributed by atoms with Crippen LogP contribution in [-0.2, 0) is 9.84 Å². The first-order chi connectivity index (χ1) is 11.9. The lowest BCUT2D eigenvalue weighted by Gasteiger charge is -2.11. The fourth-order valence-corrected chi connectivity index (χ4v) is 4.26. The number of amides is 2. The number of carbonyl (C=O) groups is 2. The zero-order valence-corrected chi connectivity index (χ0v) is 14.1. The molecule has 2 aromatic rings. The van der Waals surface area contributed by atoms with Gasteiger partial charge in [0.1, 0.15) is 5.69 Å². The van der Waals surface area contributed by atoms with Gasteiger partial charge in [0, 0.05) is 23.5 Å². The highest BCUT2D eigenvalue weighted by atomic mass is 32.2. The molecule has 1 fully saturated rings. The lowest BCUT2D eigenvalue weighted by Crippen LogP contribution is -2.36. The van der Waals surface area contributed by atoms with Gasteiger partial charge in [-0.15, -0.1) is 0 Å². The maximum Gasteiger partial charge on any atom is 0.270 e. The number of hydrogen-bond donors (Lipinski definition) is 2. The molecule has 8 heteroatoms. The molecule has 1 atom stereocenters. The molecule has 25 heavy (non-hydrogen) atoms. The summed E-state index contributed by atoms with van der Waals surface area (Å²) in [5.74, 6) is -0.833. The largest absolute Gasteiger partial charge is 0.347 e. The summed E-state index contributed by atoms with van der Waals surface area (Å²) >= 11 is 0. The van der Waals surface area contributed by atoms with Crippen molar-refractivity contribution in [2.24, 2.45) is 0 Å². The fourth-order valence-electron chi connectivity index (χ4n) is 2.59. The Labute approximate surface area is 145 Å². The van der Waals surface area contributed by atoms with E-state index in [1.165, 1.54) is 18.3 Å². The van der Waals surface area contributed by atoms with Crippen molar-refractivity contribution >= 4 is 27.3 Å². The summed E-state index contributed by atoms with van der Waals surface area (Å²) in [6, 6.07) is 11.4. The monoisotopic (exact) mass is 359 g/mol. The standard InChI is InChI=1S/C17H17N3O4S/c21-16(19-13-4-2-1-3-5-13)12-6-8-18-15(10-12)17(22)20-14-7-9-25(23,24)11-14/h1-6,8,10,14H,7,9,11H2,(H,19,21)(H,20,22). The quantitative estimate of drug-likeness (QED) is 0.855. The summed E-state index contributed by atoms with van der Waals surface area (Å²) in [7, 11) is -3.08. The van der Waals surface area contributed by atoms with Crippen molar-refractivity contribution in [3.63, 3.8) is 0 Å². The maximum absolute atomic E-state index is 12.3. The predicted molar refractivity (Wildman–Crippen MR) is 93.2 cm³/mol. The Morgan fingerprint density at radius 2 is 1.84 bits per heavy atom. The van der Waals surface area contributed by atoms with E-state index in [2.05, 4.69) is 15.6 Å². The third-order valence-corrected chi connectivity index (χ3v) is 5.62. The smallest absolute Gasteiger partial charge is 0.270 e. The molecule has 2 N–H and O–H groups in total. The zero-order valence-electron chi connectivity index (χ0n) is 13.3. The van der Waals surface area contributed by atoms with E-state index in [0.717, 1.165) is 0 Å². The minimum Gasteiger partial charge on any atom is -0.347 e. The van der Waals surface area contributed by atoms with E-state index in [9.17, 15) is 18.0 Å². The Morgan fingerprint density at radius 1 is 1.08 bits per heavy atom. The van der Waals surface area contributed by atoms with Gasteiger partial charge in [0.25, 0.3) is 11.8 Å². The second-order valence-electron chi connectivity index (χ2n) is 5.82. The molecule has 1 unspecified atom stereocenters. The Morgan fingerprint density at radius 3 is 2.52 bits per heavy atom. The molecule has 2 heterocycles. The van der Waals surface area contributed by atoms with Gasteiger partial charge < -0.3 is 10.6 Å². The van der Waals surface area contributed by atoms with Crippen LogP contribution in [0.15, 0.2) is 48.7 Å². The van der Waals surface area contributed by atoms with Crippen LogP contribution in [0.2, 0.25) is 0 Å². The van der Waals surface area contributed by atoms with Crippen LogP contribution in [0.5, 0.6) is 0 Å². The number of sulfone groups is 1. The number of hydrogen-bond acceptors (Lipinski definition) is 5. The van der Waals surface area contributed by atoms with Crippen LogP contribution in [0.4, 0.5) is 5.69 Å². The van der Waals surface area contributed by atoms with Crippen LogP contribution in [0.1, 0.15) is 27.3 Å². The van der Waals surface area contributed by atoms with Gasteiger partial charge in [-0.1, -0.05) is 18.2 Å². The molecule has 0 saturated carbocycles. The molecule has 1 aromatic heterocycles. The topological polar surface area (TPSA) is 105 Å². The van der Waals surface area contributed by atoms with Crippen LogP contribution < -0.4 is 10.6 Å². The van der Waals surface area contributed by atoms with Crippen LogP contribution >= 0.6 is 0 Å². The molecule has 0 spiro atoms. The van der Waals surface area contributed by atoms with Gasteiger partial charge in [0.2, 0.25) is 0 Å². The third kappa shape index (κ3) is 4.42. The van der Waals surface area contributed by atoms with Crippen molar-refractivity contribution in [1.82, 2.24) is 10.3 Å². The highest BCUT2D eigenvalue weighted by Crippen LogP contribution is 2.13. The molecule has 3 rings (SSSR count). The first-order valence-corrected chi connectivity index (χ1v) is 9.59. The van der Waals surface area contributed by atoms with Gasteiger partial charge in [-0.25, -0.2) is 8.42 Å². The Hall–Kier alpha value is -2.74. The Balaban J connectivity index is 1.68. The van der Waals surface area contributed by atoms with Crippen molar-refractivity contribution in [3.8, 4) is 0 Å². The number of anilines is 1. The SMILES string of the molecule is O=C(Nc1ccccc1)c1ccnc(C(=O)NC2CCS(=O)(=O)C2)c1. The maximum atomic E-state index is 12.3. The second-order valence-corrected chi connectivity index (χ2v) is 8.05. The summed E-state index contributed by atoms with van der Waals surface area (Å²) in [5, 5.41) is 5.38. The summed E-state index contributed by atoms with van der Waals surface area (Å²) in [5.41, 5.74) is 1.01. The number of carbonyl (C=O) groups excluding carboxylic acids is 2. The predicted octanol–water partition coefficient (Wildman–Crippen LogP) is 1.25. The van der Waals surface area contributed by atoms with Crippen LogP contribution in [0, 0.1) is 0 Å². The van der Waals surface area contributed by atoms with E-state index in [1.807, 2.05) is 6.07 Å². The Bertz CT molecular complexity index is 897. The molecule has 130 valence electrons. The van der Waals surface area contributed by atoms with Crippen molar-refractivity contribution in [2.75, 3.05) is 16.8 Å². The number of aromatic nitrogens is 1. The molecule has 0 bridgehead atoms. The third-order valence-electron chi connectivity index (χ3n) is 3.85. The van der Waals surface area contributed by atoms with Crippen molar-refractivity contribution in [3.05, 3.63) is 59.9 Å². The van der Waals surface area contributed by atoms with E-state index in [1.54, 1.807) is 24.3 Å². The number of nitrogens with one attached hydrogen (secondary N) is 2. The molecule has 1 aliphatic rings. The average molecular weight is 359 g/mol. The average Bonchev–Trinajstić information content (AvgIpc) is 2.94. The van der Waals surface area contributed by atoms with Crippen LogP contribution in [0.3, 0.4) is 0 Å². The lowest BCUT2D eigenvalue weighted by molar-refractivity contribution is 0.0936. The van der Waals surface area contributed by atoms with E-state index < -0.39 is 21.8 Å². The van der Waals surface area contributed by atoms with Gasteiger partial charge in [-0.3, -0.25) is 14.6 Å². The number of benzene rings is 1. The molecular weight excluding hydrogens is 342 g/mol. The summed E-state index contributed by atoms with van der Waals surface area (Å²) < 4.78 is 22.9. The van der Waals surface area contributed by atoms with Gasteiger partial charge in [0.15, 0.2) is 9.84 Å². The van der Waals surface area contributed by atoms with Gasteiger partial charge in [-0.2, -0.15) is 0 Å². The molecule has 1 aliphatic heterocycles. The number of nitrogens with zero attached hydrogens (tertiary/aromatic N) is 1. The molecule has 2 amide bonds. The van der Waals surface area contributed by atoms with E-state index >= 15 is 0 Å². The van der Waals surface area contributed by atoms with Crippen LogP contribution in [-0.4, -0.2) is 42.8 Å². The van der Waals surface area contributed by atoms with Crippen LogP contribution in [0.25, 0.3) is 0 Å². The zero-order chi connectivity index (χ0) is 17.9. The highest BCUT2D eigenvalue weighted by molar-refractivity contribution is 7.91. The second kappa shape index (κ2) is 7.02. The van der Waals surface area contributed by atoms with E-state index in [0.29, 0.717) is 17.7 Å². The van der Waals surface area contributed by atoms with Crippen molar-refractivity contribution < 1.29 is 18.0 Å². The lowest BCUT2D eigenvalue weighted by atomic mass is 10.2. The number of para-hydroxylation sites is 1. The van der Waals surface area contributed by atoms with Gasteiger partial charge >= 0.3 is 0 Å². The molecule has 0 aliphatic carbocycles. The van der Waals surface area contributed by atoms with E-state index in [4.69, 9.17) is 0 Å². The number of rotatable bonds is 4. The number of pyridine rings is 1. The van der Waals surface area contributed by atoms with Crippen molar-refractivity contribution in [1.29, 1.82) is 0 Å². The highest BCUT2D eigenvalue weighted by Gasteiger charge is 2.29. The van der Waals surface area contributed by atoms with Crippen molar-refractivity contribution in [2.45, 2.75) is 12.5 Å². The minimum atomic E-state index is -3.08. The van der Waals surface area contributed by atoms with Gasteiger partial charge in [-0.05, 0) is 30.7 Å². The summed E-state index contributed by atoms with van der Waals surface area (Å²) in [4.78, 5) is 28.5. The first kappa shape index (κ1) is 17.1. The Kier molecular flexibility index (Phi) is 4.80. The molecular formula is C17H17N3O4S. The normalized spacial score (nSPS) is 18.5. The summed E-state index contributed by atoms with van der Waals surface area (Å²) in [6.07, 6.45) is 1.77. The first-order valence-electron chi connectivity index (χ1n) is 7.77. The molecule has 0 radical (unpaired) electrons.